The van der Waals surface area contributed by atoms with E-state index in [0.29, 0.717) is 6.61 Å². The number of rotatable bonds is 3. The van der Waals surface area contributed by atoms with Crippen LogP contribution in [0.25, 0.3) is 20.4 Å². The van der Waals surface area contributed by atoms with E-state index in [-0.39, 0.29) is 11.7 Å². The number of pyridine rings is 1. The van der Waals surface area contributed by atoms with Crippen LogP contribution in [0.2, 0.25) is 0 Å². The number of fused-ring (bicyclic) bond motifs is 4. The molecule has 1 atom stereocenters. The quantitative estimate of drug-likeness (QED) is 0.758. The van der Waals surface area contributed by atoms with Crippen LogP contribution in [0, 0.1) is 0 Å². The van der Waals surface area contributed by atoms with Gasteiger partial charge >= 0.3 is 0 Å². The Morgan fingerprint density at radius 1 is 1.35 bits per heavy atom. The number of aromatic nitrogens is 3. The van der Waals surface area contributed by atoms with Gasteiger partial charge in [0.05, 0.1) is 34.2 Å². The van der Waals surface area contributed by atoms with Gasteiger partial charge in [-0.3, -0.25) is 0 Å². The van der Waals surface area contributed by atoms with Gasteiger partial charge in [0, 0.05) is 30.5 Å². The van der Waals surface area contributed by atoms with Gasteiger partial charge in [0.25, 0.3) is 0 Å². The Kier molecular flexibility index (Phi) is 3.84. The Hall–Kier alpha value is -1.83. The van der Waals surface area contributed by atoms with Gasteiger partial charge in [0.1, 0.15) is 17.0 Å². The molecule has 26 heavy (non-hydrogen) atoms. The van der Waals surface area contributed by atoms with E-state index in [1.165, 1.54) is 5.56 Å². The number of anilines is 1. The molecule has 0 aliphatic carbocycles. The maximum Gasteiger partial charge on any atom is 0.147 e. The van der Waals surface area contributed by atoms with Gasteiger partial charge in [-0.05, 0) is 32.8 Å². The molecule has 2 aliphatic heterocycles. The molecule has 136 valence electrons. The summed E-state index contributed by atoms with van der Waals surface area (Å²) in [4.78, 5) is 15.0. The van der Waals surface area contributed by atoms with Crippen molar-refractivity contribution in [3.63, 3.8) is 0 Å². The lowest BCUT2D eigenvalue weighted by molar-refractivity contribution is -0.0411. The van der Waals surface area contributed by atoms with Crippen LogP contribution in [0.4, 0.5) is 5.82 Å². The van der Waals surface area contributed by atoms with Crippen LogP contribution < -0.4 is 5.32 Å². The fourth-order valence-electron chi connectivity index (χ4n) is 3.73. The highest BCUT2D eigenvalue weighted by Crippen LogP contribution is 2.38. The molecule has 0 radical (unpaired) electrons. The molecule has 5 rings (SSSR count). The molecule has 1 unspecified atom stereocenters. The van der Waals surface area contributed by atoms with Gasteiger partial charge in [-0.2, -0.15) is 0 Å². The van der Waals surface area contributed by atoms with Crippen LogP contribution in [0.3, 0.4) is 0 Å². The first-order valence-electron chi connectivity index (χ1n) is 9.14. The Morgan fingerprint density at radius 3 is 3.12 bits per heavy atom. The zero-order chi connectivity index (χ0) is 17.7. The molecule has 0 saturated carbocycles. The monoisotopic (exact) mass is 370 g/mol. The molecule has 3 aromatic rings. The summed E-state index contributed by atoms with van der Waals surface area (Å²) in [7, 11) is 0. The van der Waals surface area contributed by atoms with Crippen molar-refractivity contribution in [2.24, 2.45) is 0 Å². The number of nitrogens with one attached hydrogen (secondary N) is 1. The fourth-order valence-corrected chi connectivity index (χ4v) is 4.82. The Balaban J connectivity index is 1.54. The Bertz CT molecular complexity index is 978. The van der Waals surface area contributed by atoms with Gasteiger partial charge in [0.2, 0.25) is 0 Å². The predicted molar refractivity (Wildman–Crippen MR) is 103 cm³/mol. The van der Waals surface area contributed by atoms with Gasteiger partial charge in [-0.25, -0.2) is 15.0 Å². The minimum Gasteiger partial charge on any atom is -0.376 e. The van der Waals surface area contributed by atoms with Gasteiger partial charge < -0.3 is 14.8 Å². The molecular weight excluding hydrogens is 348 g/mol. The maximum atomic E-state index is 5.95. The summed E-state index contributed by atoms with van der Waals surface area (Å²) in [5.41, 5.74) is 3.12. The molecule has 1 fully saturated rings. The minimum absolute atomic E-state index is 0.155. The summed E-state index contributed by atoms with van der Waals surface area (Å²) < 4.78 is 12.7. The molecule has 0 bridgehead atoms. The number of ether oxygens (including phenoxy) is 2. The second kappa shape index (κ2) is 6.11. The summed E-state index contributed by atoms with van der Waals surface area (Å²) in [6, 6.07) is 2.20. The highest BCUT2D eigenvalue weighted by molar-refractivity contribution is 7.25. The van der Waals surface area contributed by atoms with E-state index in [1.54, 1.807) is 17.7 Å². The molecule has 6 nitrogen and oxygen atoms in total. The third-order valence-corrected chi connectivity index (χ3v) is 6.24. The summed E-state index contributed by atoms with van der Waals surface area (Å²) in [6.45, 7) is 6.49. The van der Waals surface area contributed by atoms with Gasteiger partial charge in [-0.15, -0.1) is 11.3 Å². The van der Waals surface area contributed by atoms with Crippen LogP contribution in [-0.4, -0.2) is 39.8 Å². The van der Waals surface area contributed by atoms with E-state index in [1.807, 2.05) is 0 Å². The van der Waals surface area contributed by atoms with Crippen LogP contribution in [0.5, 0.6) is 0 Å². The Morgan fingerprint density at radius 2 is 2.27 bits per heavy atom. The van der Waals surface area contributed by atoms with E-state index in [9.17, 15) is 0 Å². The second-order valence-electron chi connectivity index (χ2n) is 7.69. The average Bonchev–Trinajstić information content (AvgIpc) is 3.25. The molecule has 1 saturated heterocycles. The molecule has 3 aromatic heterocycles. The predicted octanol–water partition coefficient (Wildman–Crippen LogP) is 3.68. The van der Waals surface area contributed by atoms with Crippen LogP contribution in [0.1, 0.15) is 37.9 Å². The third kappa shape index (κ3) is 2.84. The van der Waals surface area contributed by atoms with Crippen LogP contribution >= 0.6 is 11.3 Å². The Labute approximate surface area is 156 Å². The number of thiophene rings is 1. The van der Waals surface area contributed by atoms with Crippen molar-refractivity contribution in [1.82, 2.24) is 15.0 Å². The number of nitrogens with zero attached hydrogens (tertiary/aromatic N) is 3. The van der Waals surface area contributed by atoms with Crippen LogP contribution in [0.15, 0.2) is 12.4 Å². The standard InChI is InChI=1S/C19H22N4O2S/c1-19(2)7-14-11(9-25-19)6-13-15-16(26-18(13)23-14)17(22-10-21-15)20-8-12-4-3-5-24-12/h6,10,12H,3-5,7-9H2,1-2H3,(H,20,21,22). The average molecular weight is 370 g/mol. The van der Waals surface area contributed by atoms with Crippen molar-refractivity contribution in [2.75, 3.05) is 18.5 Å². The number of hydrogen-bond acceptors (Lipinski definition) is 7. The highest BCUT2D eigenvalue weighted by Gasteiger charge is 2.28. The first-order chi connectivity index (χ1) is 12.6. The van der Waals surface area contributed by atoms with Crippen molar-refractivity contribution < 1.29 is 9.47 Å². The smallest absolute Gasteiger partial charge is 0.147 e. The van der Waals surface area contributed by atoms with Gasteiger partial charge in [0.15, 0.2) is 0 Å². The summed E-state index contributed by atoms with van der Waals surface area (Å²) in [6.07, 6.45) is 4.99. The second-order valence-corrected chi connectivity index (χ2v) is 8.69. The first kappa shape index (κ1) is 16.4. The summed E-state index contributed by atoms with van der Waals surface area (Å²) >= 11 is 1.66. The van der Waals surface area contributed by atoms with E-state index in [0.717, 1.165) is 64.4 Å². The zero-order valence-corrected chi connectivity index (χ0v) is 15.9. The molecule has 2 aliphatic rings. The van der Waals surface area contributed by atoms with E-state index in [4.69, 9.17) is 14.5 Å². The van der Waals surface area contributed by atoms with Crippen molar-refractivity contribution >= 4 is 37.6 Å². The van der Waals surface area contributed by atoms with E-state index in [2.05, 4.69) is 35.2 Å². The molecule has 5 heterocycles. The van der Waals surface area contributed by atoms with E-state index >= 15 is 0 Å². The SMILES string of the molecule is CC1(C)Cc2nc3sc4c(NCC5CCCO5)ncnc4c3cc2CO1. The lowest BCUT2D eigenvalue weighted by Gasteiger charge is -2.30. The molecule has 1 N–H and O–H groups in total. The molecule has 0 spiro atoms. The van der Waals surface area contributed by atoms with Crippen LogP contribution in [-0.2, 0) is 22.5 Å². The van der Waals surface area contributed by atoms with E-state index < -0.39 is 0 Å². The minimum atomic E-state index is -0.155. The largest absolute Gasteiger partial charge is 0.376 e. The fraction of sp³-hybridized carbons (Fsp3) is 0.526. The van der Waals surface area contributed by atoms with Crippen molar-refractivity contribution in [3.8, 4) is 0 Å². The molecule has 7 heteroatoms. The van der Waals surface area contributed by atoms with Gasteiger partial charge in [-0.1, -0.05) is 0 Å². The molecule has 0 aromatic carbocycles. The summed E-state index contributed by atoms with van der Waals surface area (Å²) in [5.74, 6) is 0.878. The summed E-state index contributed by atoms with van der Waals surface area (Å²) in [5, 5.41) is 4.55. The molecular formula is C19H22N4O2S. The van der Waals surface area contributed by atoms with Crippen molar-refractivity contribution in [3.05, 3.63) is 23.7 Å². The maximum absolute atomic E-state index is 5.95. The van der Waals surface area contributed by atoms with Crippen molar-refractivity contribution in [1.29, 1.82) is 0 Å². The zero-order valence-electron chi connectivity index (χ0n) is 15.0. The third-order valence-electron chi connectivity index (χ3n) is 5.15. The topological polar surface area (TPSA) is 69.2 Å². The van der Waals surface area contributed by atoms with Crippen molar-refractivity contribution in [2.45, 2.75) is 51.4 Å². The first-order valence-corrected chi connectivity index (χ1v) is 9.96. The highest BCUT2D eigenvalue weighted by atomic mass is 32.1. The molecule has 0 amide bonds. The lowest BCUT2D eigenvalue weighted by atomic mass is 9.95. The number of hydrogen-bond donors (Lipinski definition) is 1. The lowest BCUT2D eigenvalue weighted by Crippen LogP contribution is -2.32. The normalized spacial score (nSPS) is 22.0.